The van der Waals surface area contributed by atoms with Gasteiger partial charge in [-0.25, -0.2) is 4.98 Å². The topological polar surface area (TPSA) is 61.1 Å². The summed E-state index contributed by atoms with van der Waals surface area (Å²) < 4.78 is 0. The normalized spacial score (nSPS) is 10.9. The second-order valence-electron chi connectivity index (χ2n) is 2.55. The summed E-state index contributed by atoms with van der Waals surface area (Å²) in [5.41, 5.74) is 0.950. The van der Waals surface area contributed by atoms with Gasteiger partial charge < -0.3 is 0 Å². The quantitative estimate of drug-likeness (QED) is 0.283. The monoisotopic (exact) mass is 240 g/mol. The van der Waals surface area contributed by atoms with Crippen molar-refractivity contribution in [1.29, 1.82) is 5.26 Å². The van der Waals surface area contributed by atoms with Gasteiger partial charge in [0.2, 0.25) is 0 Å². The third-order valence-electron chi connectivity index (χ3n) is 1.55. The molecule has 15 heavy (non-hydrogen) atoms. The van der Waals surface area contributed by atoms with E-state index < -0.39 is 0 Å². The Hall–Kier alpha value is -1.25. The van der Waals surface area contributed by atoms with E-state index in [-0.39, 0.29) is 0 Å². The molecular formula is C9H9ClN4S. The number of hydrogen-bond acceptors (Lipinski definition) is 4. The minimum absolute atomic E-state index is 0.461. The Bertz CT molecular complexity index is 382. The second-order valence-corrected chi connectivity index (χ2v) is 3.73. The van der Waals surface area contributed by atoms with Crippen molar-refractivity contribution in [2.24, 2.45) is 4.99 Å². The van der Waals surface area contributed by atoms with Crippen molar-refractivity contribution in [1.82, 2.24) is 10.3 Å². The Morgan fingerprint density at radius 1 is 1.73 bits per heavy atom. The van der Waals surface area contributed by atoms with Crippen LogP contribution in [-0.2, 0) is 6.54 Å². The molecule has 0 fully saturated rings. The van der Waals surface area contributed by atoms with Crippen LogP contribution in [-0.4, -0.2) is 16.4 Å². The minimum Gasteiger partial charge on any atom is -0.272 e. The largest absolute Gasteiger partial charge is 0.272 e. The molecular weight excluding hydrogens is 232 g/mol. The molecule has 0 aliphatic carbocycles. The molecule has 0 amide bonds. The van der Waals surface area contributed by atoms with Crippen LogP contribution in [0.3, 0.4) is 0 Å². The van der Waals surface area contributed by atoms with Gasteiger partial charge in [-0.05, 0) is 17.9 Å². The van der Waals surface area contributed by atoms with E-state index in [4.69, 9.17) is 16.9 Å². The molecule has 0 aliphatic rings. The van der Waals surface area contributed by atoms with E-state index in [2.05, 4.69) is 15.3 Å². The molecule has 1 heterocycles. The van der Waals surface area contributed by atoms with Crippen LogP contribution < -0.4 is 5.32 Å². The fourth-order valence-electron chi connectivity index (χ4n) is 0.866. The van der Waals surface area contributed by atoms with Gasteiger partial charge in [0.25, 0.3) is 0 Å². The molecule has 0 radical (unpaired) electrons. The van der Waals surface area contributed by atoms with Gasteiger partial charge in [0, 0.05) is 6.20 Å². The van der Waals surface area contributed by atoms with Crippen LogP contribution in [0.15, 0.2) is 23.3 Å². The zero-order valence-corrected chi connectivity index (χ0v) is 9.64. The van der Waals surface area contributed by atoms with Gasteiger partial charge in [0.15, 0.2) is 11.4 Å². The lowest BCUT2D eigenvalue weighted by Gasteiger charge is -1.99. The van der Waals surface area contributed by atoms with Gasteiger partial charge in [-0.2, -0.15) is 5.26 Å². The number of nitrogens with one attached hydrogen (secondary N) is 1. The van der Waals surface area contributed by atoms with Gasteiger partial charge in [-0.15, -0.1) is 0 Å². The molecule has 0 aliphatic heterocycles. The maximum Gasteiger partial charge on any atom is 0.183 e. The van der Waals surface area contributed by atoms with Crippen LogP contribution in [0.1, 0.15) is 5.56 Å². The van der Waals surface area contributed by atoms with E-state index in [9.17, 15) is 0 Å². The zero-order chi connectivity index (χ0) is 11.1. The summed E-state index contributed by atoms with van der Waals surface area (Å²) in [6, 6.07) is 3.56. The number of rotatable bonds is 2. The highest BCUT2D eigenvalue weighted by Gasteiger charge is 1.96. The highest BCUT2D eigenvalue weighted by Crippen LogP contribution is 2.07. The molecule has 0 saturated heterocycles. The second kappa shape index (κ2) is 6.27. The number of nitriles is 1. The lowest BCUT2D eigenvalue weighted by Crippen LogP contribution is -2.13. The fourth-order valence-corrected chi connectivity index (χ4v) is 1.32. The Kier molecular flexibility index (Phi) is 4.95. The first kappa shape index (κ1) is 11.8. The lowest BCUT2D eigenvalue weighted by atomic mass is 10.3. The highest BCUT2D eigenvalue weighted by atomic mass is 35.5. The Morgan fingerprint density at radius 2 is 2.53 bits per heavy atom. The number of pyridine rings is 1. The van der Waals surface area contributed by atoms with E-state index in [0.29, 0.717) is 16.9 Å². The van der Waals surface area contributed by atoms with Crippen molar-refractivity contribution in [2.75, 3.05) is 6.26 Å². The Labute approximate surface area is 97.4 Å². The number of thioether (sulfide) groups is 1. The van der Waals surface area contributed by atoms with Crippen molar-refractivity contribution in [2.45, 2.75) is 6.54 Å². The summed E-state index contributed by atoms with van der Waals surface area (Å²) in [6.07, 6.45) is 5.34. The smallest absolute Gasteiger partial charge is 0.183 e. The third kappa shape index (κ3) is 4.19. The molecule has 1 N–H and O–H groups in total. The van der Waals surface area contributed by atoms with Gasteiger partial charge in [-0.1, -0.05) is 29.4 Å². The lowest BCUT2D eigenvalue weighted by molar-refractivity contribution is 1.04. The standard InChI is InChI=1S/C9H9ClN4S/c1-15-9(14-6-11)13-5-7-2-3-8(10)12-4-7/h2-4H,5H2,1H3,(H,13,14). The molecule has 0 bridgehead atoms. The first-order valence-corrected chi connectivity index (χ1v) is 5.70. The Morgan fingerprint density at radius 3 is 3.07 bits per heavy atom. The van der Waals surface area contributed by atoms with Crippen molar-refractivity contribution in [3.8, 4) is 6.19 Å². The average molecular weight is 241 g/mol. The summed E-state index contributed by atoms with van der Waals surface area (Å²) in [4.78, 5) is 8.13. The predicted octanol–water partition coefficient (Wildman–Crippen LogP) is 2.02. The zero-order valence-electron chi connectivity index (χ0n) is 8.07. The summed E-state index contributed by atoms with van der Waals surface area (Å²) in [6.45, 7) is 0.481. The number of nitrogens with zero attached hydrogens (tertiary/aromatic N) is 3. The minimum atomic E-state index is 0.461. The molecule has 0 atom stereocenters. The Balaban J connectivity index is 2.62. The van der Waals surface area contributed by atoms with Crippen LogP contribution in [0.4, 0.5) is 0 Å². The predicted molar refractivity (Wildman–Crippen MR) is 62.6 cm³/mol. The molecule has 1 aromatic rings. The third-order valence-corrected chi connectivity index (χ3v) is 2.39. The summed E-state index contributed by atoms with van der Waals surface area (Å²) in [5.74, 6) is 0. The van der Waals surface area contributed by atoms with E-state index in [1.165, 1.54) is 11.8 Å². The molecule has 1 aromatic heterocycles. The van der Waals surface area contributed by atoms with E-state index in [1.807, 2.05) is 18.5 Å². The van der Waals surface area contributed by atoms with Crippen LogP contribution >= 0.6 is 23.4 Å². The van der Waals surface area contributed by atoms with Gasteiger partial charge >= 0.3 is 0 Å². The fraction of sp³-hybridized carbons (Fsp3) is 0.222. The maximum absolute atomic E-state index is 8.42. The molecule has 1 rings (SSSR count). The molecule has 0 spiro atoms. The number of hydrogen-bond donors (Lipinski definition) is 1. The van der Waals surface area contributed by atoms with Crippen LogP contribution in [0.5, 0.6) is 0 Å². The van der Waals surface area contributed by atoms with Gasteiger partial charge in [-0.3, -0.25) is 10.3 Å². The molecule has 6 heteroatoms. The molecule has 0 unspecified atom stereocenters. The van der Waals surface area contributed by atoms with Gasteiger partial charge in [0.1, 0.15) is 5.15 Å². The molecule has 0 aromatic carbocycles. The summed E-state index contributed by atoms with van der Waals surface area (Å²) in [5, 5.41) is 12.0. The van der Waals surface area contributed by atoms with Crippen molar-refractivity contribution < 1.29 is 0 Å². The molecule has 78 valence electrons. The van der Waals surface area contributed by atoms with Crippen molar-refractivity contribution in [3.63, 3.8) is 0 Å². The average Bonchev–Trinajstić information content (AvgIpc) is 2.26. The van der Waals surface area contributed by atoms with Crippen LogP contribution in [0.25, 0.3) is 0 Å². The number of halogens is 1. The molecule has 0 saturated carbocycles. The SMILES string of the molecule is CSC(=NCc1ccc(Cl)nc1)NC#N. The van der Waals surface area contributed by atoms with E-state index >= 15 is 0 Å². The van der Waals surface area contributed by atoms with Crippen molar-refractivity contribution >= 4 is 28.5 Å². The maximum atomic E-state index is 8.42. The van der Waals surface area contributed by atoms with Crippen molar-refractivity contribution in [3.05, 3.63) is 29.0 Å². The van der Waals surface area contributed by atoms with Gasteiger partial charge in [0.05, 0.1) is 6.54 Å². The van der Waals surface area contributed by atoms with Crippen LogP contribution in [0, 0.1) is 11.5 Å². The van der Waals surface area contributed by atoms with E-state index in [0.717, 1.165) is 5.56 Å². The first-order valence-electron chi connectivity index (χ1n) is 4.10. The number of aromatic nitrogens is 1. The number of amidine groups is 1. The molecule has 4 nitrogen and oxygen atoms in total. The van der Waals surface area contributed by atoms with E-state index in [1.54, 1.807) is 12.3 Å². The summed E-state index contributed by atoms with van der Waals surface area (Å²) >= 11 is 7.03. The van der Waals surface area contributed by atoms with Crippen LogP contribution in [0.2, 0.25) is 5.15 Å². The first-order chi connectivity index (χ1) is 7.26. The summed E-state index contributed by atoms with van der Waals surface area (Å²) in [7, 11) is 0. The highest BCUT2D eigenvalue weighted by molar-refractivity contribution is 8.13. The number of aliphatic imine (C=N–C) groups is 1.